The smallest absolute Gasteiger partial charge is 0.198 e. The van der Waals surface area contributed by atoms with Crippen molar-refractivity contribution in [1.82, 2.24) is 0 Å². The molecule has 68 valence electrons. The first-order valence-corrected chi connectivity index (χ1v) is 4.11. The van der Waals surface area contributed by atoms with Gasteiger partial charge in [0.05, 0.1) is 6.61 Å². The van der Waals surface area contributed by atoms with Crippen LogP contribution in [0.2, 0.25) is 5.22 Å². The maximum atomic E-state index is 5.77. The number of rotatable bonds is 4. The molecule has 0 saturated carbocycles. The number of ether oxygens (including phenoxy) is 1. The predicted molar refractivity (Wildman–Crippen MR) is 47.2 cm³/mol. The van der Waals surface area contributed by atoms with E-state index in [1.54, 1.807) is 7.11 Å². The third-order valence-electron chi connectivity index (χ3n) is 1.50. The van der Waals surface area contributed by atoms with E-state index in [-0.39, 0.29) is 0 Å². The van der Waals surface area contributed by atoms with Crippen LogP contribution >= 0.6 is 11.6 Å². The second-order valence-electron chi connectivity index (χ2n) is 2.48. The normalized spacial score (nSPS) is 10.6. The van der Waals surface area contributed by atoms with Crippen molar-refractivity contribution in [2.75, 3.05) is 13.7 Å². The number of hydrogen-bond acceptors (Lipinski definition) is 3. The van der Waals surface area contributed by atoms with Crippen LogP contribution in [0.25, 0.3) is 0 Å². The van der Waals surface area contributed by atoms with Gasteiger partial charge in [-0.1, -0.05) is 0 Å². The Balaban J connectivity index is 2.70. The van der Waals surface area contributed by atoms with Gasteiger partial charge in [-0.2, -0.15) is 0 Å². The Morgan fingerprint density at radius 2 is 2.42 bits per heavy atom. The summed E-state index contributed by atoms with van der Waals surface area (Å²) in [6.45, 7) is 1.04. The molecule has 0 spiro atoms. The molecule has 0 aromatic carbocycles. The lowest BCUT2D eigenvalue weighted by molar-refractivity contribution is 0.184. The summed E-state index contributed by atoms with van der Waals surface area (Å²) in [5.41, 5.74) is 6.24. The highest BCUT2D eigenvalue weighted by Gasteiger charge is 2.07. The predicted octanol–water partition coefficient (Wildman–Crippen LogP) is 1.58. The van der Waals surface area contributed by atoms with Gasteiger partial charge in [0, 0.05) is 19.1 Å². The van der Waals surface area contributed by atoms with Crippen molar-refractivity contribution in [2.24, 2.45) is 5.73 Å². The van der Waals surface area contributed by atoms with Crippen LogP contribution in [0.1, 0.15) is 11.3 Å². The minimum absolute atomic E-state index is 0.403. The standard InChI is InChI=1S/C8H12ClNO2/c1-11-5-6-4-7(2-3-10)12-8(6)9/h4H,2-3,5,10H2,1H3. The Morgan fingerprint density at radius 1 is 1.67 bits per heavy atom. The molecule has 2 N–H and O–H groups in total. The summed E-state index contributed by atoms with van der Waals surface area (Å²) in [6, 6.07) is 1.87. The van der Waals surface area contributed by atoms with Crippen molar-refractivity contribution in [2.45, 2.75) is 13.0 Å². The molecule has 3 nitrogen and oxygen atoms in total. The molecule has 1 aromatic rings. The van der Waals surface area contributed by atoms with Crippen molar-refractivity contribution >= 4 is 11.6 Å². The monoisotopic (exact) mass is 189 g/mol. The lowest BCUT2D eigenvalue weighted by atomic mass is 10.3. The third kappa shape index (κ3) is 2.24. The summed E-state index contributed by atoms with van der Waals surface area (Å²) in [5.74, 6) is 0.814. The largest absolute Gasteiger partial charge is 0.449 e. The number of hydrogen-bond donors (Lipinski definition) is 1. The molecular weight excluding hydrogens is 178 g/mol. The summed E-state index contributed by atoms with van der Waals surface area (Å²) >= 11 is 5.77. The summed E-state index contributed by atoms with van der Waals surface area (Å²) < 4.78 is 10.1. The molecular formula is C8H12ClNO2. The average Bonchev–Trinajstić information content (AvgIpc) is 2.34. The van der Waals surface area contributed by atoms with Crippen molar-refractivity contribution in [1.29, 1.82) is 0 Å². The van der Waals surface area contributed by atoms with Crippen molar-refractivity contribution < 1.29 is 9.15 Å². The van der Waals surface area contributed by atoms with Crippen LogP contribution in [0.15, 0.2) is 10.5 Å². The van der Waals surface area contributed by atoms with Crippen molar-refractivity contribution in [3.05, 3.63) is 22.6 Å². The van der Waals surface area contributed by atoms with E-state index in [9.17, 15) is 0 Å². The van der Waals surface area contributed by atoms with E-state index < -0.39 is 0 Å². The fourth-order valence-electron chi connectivity index (χ4n) is 0.981. The fourth-order valence-corrected chi connectivity index (χ4v) is 1.19. The number of halogens is 1. The van der Waals surface area contributed by atoms with Crippen LogP contribution in [0, 0.1) is 0 Å². The lowest BCUT2D eigenvalue weighted by Gasteiger charge is -1.91. The number of methoxy groups -OCH3 is 1. The molecule has 12 heavy (non-hydrogen) atoms. The Kier molecular flexibility index (Phi) is 3.59. The maximum absolute atomic E-state index is 5.77. The first-order chi connectivity index (χ1) is 5.77. The number of furan rings is 1. The van der Waals surface area contributed by atoms with Crippen LogP contribution in [0.5, 0.6) is 0 Å². The zero-order chi connectivity index (χ0) is 8.97. The van der Waals surface area contributed by atoms with Crippen LogP contribution in [-0.4, -0.2) is 13.7 Å². The molecule has 0 atom stereocenters. The van der Waals surface area contributed by atoms with Crippen LogP contribution in [0.3, 0.4) is 0 Å². The van der Waals surface area contributed by atoms with E-state index >= 15 is 0 Å². The van der Waals surface area contributed by atoms with Crippen molar-refractivity contribution in [3.63, 3.8) is 0 Å². The van der Waals surface area contributed by atoms with Crippen molar-refractivity contribution in [3.8, 4) is 0 Å². The van der Waals surface area contributed by atoms with Gasteiger partial charge in [0.1, 0.15) is 5.76 Å². The minimum atomic E-state index is 0.403. The number of nitrogens with two attached hydrogens (primary N) is 1. The molecule has 0 aliphatic rings. The fraction of sp³-hybridized carbons (Fsp3) is 0.500. The topological polar surface area (TPSA) is 48.4 Å². The second kappa shape index (κ2) is 4.50. The Morgan fingerprint density at radius 3 is 3.00 bits per heavy atom. The van der Waals surface area contributed by atoms with Gasteiger partial charge >= 0.3 is 0 Å². The van der Waals surface area contributed by atoms with E-state index in [2.05, 4.69) is 0 Å². The minimum Gasteiger partial charge on any atom is -0.449 e. The van der Waals surface area contributed by atoms with Gasteiger partial charge in [-0.3, -0.25) is 0 Å². The zero-order valence-electron chi connectivity index (χ0n) is 6.97. The second-order valence-corrected chi connectivity index (χ2v) is 2.83. The van der Waals surface area contributed by atoms with E-state index in [4.69, 9.17) is 26.5 Å². The van der Waals surface area contributed by atoms with Crippen LogP contribution < -0.4 is 5.73 Å². The highest BCUT2D eigenvalue weighted by Crippen LogP contribution is 2.21. The molecule has 0 bridgehead atoms. The summed E-state index contributed by atoms with van der Waals surface area (Å²) in [4.78, 5) is 0. The lowest BCUT2D eigenvalue weighted by Crippen LogP contribution is -2.01. The van der Waals surface area contributed by atoms with Gasteiger partial charge in [0.15, 0.2) is 5.22 Å². The van der Waals surface area contributed by atoms with Gasteiger partial charge in [-0.25, -0.2) is 0 Å². The van der Waals surface area contributed by atoms with Crippen LogP contribution in [0.4, 0.5) is 0 Å². The highest BCUT2D eigenvalue weighted by atomic mass is 35.5. The first-order valence-electron chi connectivity index (χ1n) is 3.74. The maximum Gasteiger partial charge on any atom is 0.198 e. The molecule has 0 fully saturated rings. The Labute approximate surface area is 76.4 Å². The SMILES string of the molecule is COCc1cc(CCN)oc1Cl. The van der Waals surface area contributed by atoms with Gasteiger partial charge < -0.3 is 14.9 Å². The summed E-state index contributed by atoms with van der Waals surface area (Å²) in [6.07, 6.45) is 0.712. The van der Waals surface area contributed by atoms with E-state index in [0.29, 0.717) is 24.8 Å². The van der Waals surface area contributed by atoms with Gasteiger partial charge in [0.25, 0.3) is 0 Å². The molecule has 0 aliphatic carbocycles. The Bertz CT molecular complexity index is 247. The van der Waals surface area contributed by atoms with Gasteiger partial charge in [-0.05, 0) is 24.2 Å². The molecule has 0 aliphatic heterocycles. The van der Waals surface area contributed by atoms with E-state index in [1.165, 1.54) is 0 Å². The molecule has 0 unspecified atom stereocenters. The highest BCUT2D eigenvalue weighted by molar-refractivity contribution is 6.29. The van der Waals surface area contributed by atoms with Gasteiger partial charge in [0.2, 0.25) is 0 Å². The molecule has 4 heteroatoms. The molecule has 0 amide bonds. The molecule has 1 heterocycles. The molecule has 1 aromatic heterocycles. The molecule has 0 saturated heterocycles. The summed E-state index contributed by atoms with van der Waals surface area (Å²) in [5, 5.41) is 0.403. The Hall–Kier alpha value is -0.510. The third-order valence-corrected chi connectivity index (χ3v) is 1.82. The van der Waals surface area contributed by atoms with Gasteiger partial charge in [-0.15, -0.1) is 0 Å². The zero-order valence-corrected chi connectivity index (χ0v) is 7.73. The quantitative estimate of drug-likeness (QED) is 0.783. The van der Waals surface area contributed by atoms with E-state index in [0.717, 1.165) is 11.3 Å². The first kappa shape index (κ1) is 9.58. The average molecular weight is 190 g/mol. The van der Waals surface area contributed by atoms with E-state index in [1.807, 2.05) is 6.07 Å². The molecule has 1 rings (SSSR count). The summed E-state index contributed by atoms with van der Waals surface area (Å²) in [7, 11) is 1.62. The van der Waals surface area contributed by atoms with Crippen LogP contribution in [-0.2, 0) is 17.8 Å². The molecule has 0 radical (unpaired) electrons.